The first kappa shape index (κ1) is 11.2. The van der Waals surface area contributed by atoms with Crippen LogP contribution in [0.4, 0.5) is 4.39 Å². The molecule has 2 nitrogen and oxygen atoms in total. The second kappa shape index (κ2) is 4.39. The second-order valence-corrected chi connectivity index (χ2v) is 5.35. The van der Waals surface area contributed by atoms with E-state index in [0.717, 1.165) is 12.0 Å². The summed E-state index contributed by atoms with van der Waals surface area (Å²) in [6.45, 7) is 2.33. The van der Waals surface area contributed by atoms with Gasteiger partial charge >= 0.3 is 0 Å². The van der Waals surface area contributed by atoms with E-state index in [1.165, 1.54) is 32.0 Å². The molecule has 0 aliphatic carbocycles. The molecular formula is C14H19FN2. The van der Waals surface area contributed by atoms with E-state index >= 15 is 0 Å². The van der Waals surface area contributed by atoms with Crippen molar-refractivity contribution in [2.24, 2.45) is 11.7 Å². The Bertz CT molecular complexity index is 397. The predicted octanol–water partition coefficient (Wildman–Crippen LogP) is 1.79. The number of hydrogen-bond donors (Lipinski definition) is 1. The van der Waals surface area contributed by atoms with Crippen molar-refractivity contribution in [2.75, 3.05) is 13.1 Å². The van der Waals surface area contributed by atoms with Crippen molar-refractivity contribution in [3.8, 4) is 0 Å². The Hall–Kier alpha value is -0.930. The van der Waals surface area contributed by atoms with Crippen molar-refractivity contribution in [1.29, 1.82) is 0 Å². The molecule has 0 amide bonds. The van der Waals surface area contributed by atoms with Crippen LogP contribution in [0.25, 0.3) is 0 Å². The highest BCUT2D eigenvalue weighted by atomic mass is 19.1. The normalized spacial score (nSPS) is 36.1. The third-order valence-corrected chi connectivity index (χ3v) is 4.37. The van der Waals surface area contributed by atoms with Gasteiger partial charge < -0.3 is 5.73 Å². The van der Waals surface area contributed by atoms with Crippen LogP contribution in [0, 0.1) is 11.7 Å². The summed E-state index contributed by atoms with van der Waals surface area (Å²) < 4.78 is 13.2. The minimum atomic E-state index is -0.146. The Balaban J connectivity index is 1.76. The molecule has 17 heavy (non-hydrogen) atoms. The lowest BCUT2D eigenvalue weighted by Crippen LogP contribution is -2.61. The van der Waals surface area contributed by atoms with E-state index in [4.69, 9.17) is 5.73 Å². The Kier molecular flexibility index (Phi) is 2.89. The zero-order valence-electron chi connectivity index (χ0n) is 9.98. The number of benzene rings is 1. The SMILES string of the molecule is NC1C2CCN(CC2)C1Cc1cccc(F)c1. The molecule has 3 aliphatic rings. The predicted molar refractivity (Wildman–Crippen MR) is 66.2 cm³/mol. The highest BCUT2D eigenvalue weighted by Crippen LogP contribution is 2.32. The van der Waals surface area contributed by atoms with Crippen molar-refractivity contribution >= 4 is 0 Å². The summed E-state index contributed by atoms with van der Waals surface area (Å²) in [5, 5.41) is 0. The topological polar surface area (TPSA) is 29.3 Å². The van der Waals surface area contributed by atoms with Crippen LogP contribution in [0.2, 0.25) is 0 Å². The van der Waals surface area contributed by atoms with Gasteiger partial charge in [-0.3, -0.25) is 4.90 Å². The van der Waals surface area contributed by atoms with Gasteiger partial charge in [0.1, 0.15) is 5.82 Å². The highest BCUT2D eigenvalue weighted by molar-refractivity contribution is 5.19. The molecule has 2 N–H and O–H groups in total. The lowest BCUT2D eigenvalue weighted by atomic mass is 9.77. The Morgan fingerprint density at radius 3 is 2.71 bits per heavy atom. The van der Waals surface area contributed by atoms with Crippen molar-refractivity contribution in [2.45, 2.75) is 31.3 Å². The lowest BCUT2D eigenvalue weighted by Gasteiger charge is -2.49. The van der Waals surface area contributed by atoms with E-state index in [1.807, 2.05) is 6.07 Å². The first-order valence-corrected chi connectivity index (χ1v) is 6.48. The highest BCUT2D eigenvalue weighted by Gasteiger charge is 2.39. The number of hydrogen-bond acceptors (Lipinski definition) is 2. The number of fused-ring (bicyclic) bond motifs is 3. The Morgan fingerprint density at radius 1 is 1.29 bits per heavy atom. The molecule has 4 rings (SSSR count). The zero-order valence-corrected chi connectivity index (χ0v) is 9.98. The summed E-state index contributed by atoms with van der Waals surface area (Å²) in [6, 6.07) is 7.59. The van der Waals surface area contributed by atoms with Crippen molar-refractivity contribution in [3.05, 3.63) is 35.6 Å². The van der Waals surface area contributed by atoms with Crippen LogP contribution in [0.15, 0.2) is 24.3 Å². The van der Waals surface area contributed by atoms with Crippen LogP contribution in [0.1, 0.15) is 18.4 Å². The molecular weight excluding hydrogens is 215 g/mol. The Morgan fingerprint density at radius 2 is 2.06 bits per heavy atom. The standard InChI is InChI=1S/C14H19FN2/c15-12-3-1-2-10(8-12)9-13-14(16)11-4-6-17(13)7-5-11/h1-3,8,11,13-14H,4-7,9,16H2. The Labute approximate surface area is 102 Å². The summed E-state index contributed by atoms with van der Waals surface area (Å²) in [4.78, 5) is 2.48. The molecule has 0 radical (unpaired) electrons. The third-order valence-electron chi connectivity index (χ3n) is 4.37. The molecule has 0 spiro atoms. The van der Waals surface area contributed by atoms with Crippen LogP contribution < -0.4 is 5.73 Å². The van der Waals surface area contributed by atoms with Gasteiger partial charge in [-0.1, -0.05) is 12.1 Å². The summed E-state index contributed by atoms with van der Waals surface area (Å²) in [6.07, 6.45) is 3.36. The summed E-state index contributed by atoms with van der Waals surface area (Å²) in [5.41, 5.74) is 7.38. The maximum Gasteiger partial charge on any atom is 0.123 e. The van der Waals surface area contributed by atoms with Crippen LogP contribution in [0.3, 0.4) is 0 Å². The fourth-order valence-electron chi connectivity index (χ4n) is 3.36. The number of nitrogens with two attached hydrogens (primary N) is 1. The average Bonchev–Trinajstić information content (AvgIpc) is 2.34. The van der Waals surface area contributed by atoms with Crippen LogP contribution in [0.5, 0.6) is 0 Å². The van der Waals surface area contributed by atoms with Gasteiger partial charge in [0.25, 0.3) is 0 Å². The number of rotatable bonds is 2. The molecule has 1 aromatic carbocycles. The fourth-order valence-corrected chi connectivity index (χ4v) is 3.36. The fraction of sp³-hybridized carbons (Fsp3) is 0.571. The van der Waals surface area contributed by atoms with E-state index in [-0.39, 0.29) is 11.9 Å². The lowest BCUT2D eigenvalue weighted by molar-refractivity contribution is 0.0287. The van der Waals surface area contributed by atoms with E-state index < -0.39 is 0 Å². The quantitative estimate of drug-likeness (QED) is 0.845. The van der Waals surface area contributed by atoms with Crippen molar-refractivity contribution < 1.29 is 4.39 Å². The van der Waals surface area contributed by atoms with Crippen LogP contribution in [-0.4, -0.2) is 30.1 Å². The smallest absolute Gasteiger partial charge is 0.123 e. The van der Waals surface area contributed by atoms with Gasteiger partial charge in [0.05, 0.1) is 0 Å². The minimum Gasteiger partial charge on any atom is -0.326 e. The summed E-state index contributed by atoms with van der Waals surface area (Å²) in [5.74, 6) is 0.533. The molecule has 3 saturated heterocycles. The number of piperidine rings is 3. The van der Waals surface area contributed by atoms with Gasteiger partial charge in [0.2, 0.25) is 0 Å². The van der Waals surface area contributed by atoms with E-state index in [2.05, 4.69) is 4.90 Å². The first-order valence-electron chi connectivity index (χ1n) is 6.48. The van der Waals surface area contributed by atoms with Gasteiger partial charge in [-0.2, -0.15) is 0 Å². The van der Waals surface area contributed by atoms with Gasteiger partial charge in [-0.05, 0) is 56.0 Å². The minimum absolute atomic E-state index is 0.146. The molecule has 3 aliphatic heterocycles. The van der Waals surface area contributed by atoms with Crippen molar-refractivity contribution in [3.63, 3.8) is 0 Å². The number of halogens is 1. The molecule has 2 atom stereocenters. The van der Waals surface area contributed by atoms with Gasteiger partial charge in [-0.15, -0.1) is 0 Å². The largest absolute Gasteiger partial charge is 0.326 e. The maximum atomic E-state index is 13.2. The van der Waals surface area contributed by atoms with Crippen molar-refractivity contribution in [1.82, 2.24) is 4.90 Å². The van der Waals surface area contributed by atoms with Gasteiger partial charge in [0.15, 0.2) is 0 Å². The molecule has 92 valence electrons. The molecule has 1 aromatic rings. The first-order chi connectivity index (χ1) is 8.24. The summed E-state index contributed by atoms with van der Waals surface area (Å²) >= 11 is 0. The number of nitrogens with zero attached hydrogens (tertiary/aromatic N) is 1. The van der Waals surface area contributed by atoms with Gasteiger partial charge in [0, 0.05) is 12.1 Å². The van der Waals surface area contributed by atoms with Gasteiger partial charge in [-0.25, -0.2) is 4.39 Å². The molecule has 2 unspecified atom stereocenters. The molecule has 0 aromatic heterocycles. The molecule has 3 heteroatoms. The second-order valence-electron chi connectivity index (χ2n) is 5.35. The summed E-state index contributed by atoms with van der Waals surface area (Å²) in [7, 11) is 0. The van der Waals surface area contributed by atoms with Crippen LogP contribution in [-0.2, 0) is 6.42 Å². The third kappa shape index (κ3) is 2.09. The monoisotopic (exact) mass is 234 g/mol. The van der Waals surface area contributed by atoms with Crippen LogP contribution >= 0.6 is 0 Å². The maximum absolute atomic E-state index is 13.2. The van der Waals surface area contributed by atoms with E-state index in [1.54, 1.807) is 12.1 Å². The zero-order chi connectivity index (χ0) is 11.8. The van der Waals surface area contributed by atoms with E-state index in [9.17, 15) is 4.39 Å². The molecule has 0 saturated carbocycles. The molecule has 3 heterocycles. The molecule has 3 fully saturated rings. The average molecular weight is 234 g/mol. The molecule has 2 bridgehead atoms. The van der Waals surface area contributed by atoms with E-state index in [0.29, 0.717) is 12.0 Å².